The van der Waals surface area contributed by atoms with Gasteiger partial charge in [-0.1, -0.05) is 6.92 Å². The highest BCUT2D eigenvalue weighted by Gasteiger charge is 2.16. The number of hydrogen-bond acceptors (Lipinski definition) is 3. The molecule has 0 amide bonds. The Morgan fingerprint density at radius 1 is 1.16 bits per heavy atom. The molecule has 0 aliphatic rings. The van der Waals surface area contributed by atoms with Crippen molar-refractivity contribution in [3.8, 4) is 0 Å². The Labute approximate surface area is 109 Å². The Morgan fingerprint density at radius 2 is 1.68 bits per heavy atom. The van der Waals surface area contributed by atoms with Crippen LogP contribution in [0, 0.1) is 17.5 Å². The summed E-state index contributed by atoms with van der Waals surface area (Å²) in [6.45, 7) is 1.49. The van der Waals surface area contributed by atoms with Crippen LogP contribution < -0.4 is 0 Å². The number of rotatable bonds is 6. The molecule has 7 heteroatoms. The largest absolute Gasteiger partial charge is 0.294 e. The van der Waals surface area contributed by atoms with E-state index in [1.807, 2.05) is 0 Å². The standard InChI is InChI=1S/C12H13F3O3S/c1-2-19(17,18)5-3-4-11(16)8-6-9(13)12(15)10(14)7-8/h6-7H,2-5H2,1H3. The SMILES string of the molecule is CCS(=O)(=O)CCCC(=O)c1cc(F)c(F)c(F)c1. The highest BCUT2D eigenvalue weighted by Crippen LogP contribution is 2.15. The third-order valence-electron chi connectivity index (χ3n) is 2.60. The van der Waals surface area contributed by atoms with Gasteiger partial charge >= 0.3 is 0 Å². The second-order valence-electron chi connectivity index (χ2n) is 4.02. The molecule has 0 atom stereocenters. The molecule has 0 heterocycles. The first-order valence-corrected chi connectivity index (χ1v) is 7.47. The zero-order valence-corrected chi connectivity index (χ0v) is 11.1. The Bertz CT molecular complexity index is 559. The van der Waals surface area contributed by atoms with Gasteiger partial charge in [0.05, 0.1) is 5.75 Å². The smallest absolute Gasteiger partial charge is 0.194 e. The quantitative estimate of drug-likeness (QED) is 0.598. The molecule has 0 saturated carbocycles. The topological polar surface area (TPSA) is 51.2 Å². The van der Waals surface area contributed by atoms with E-state index in [1.165, 1.54) is 6.92 Å². The maximum absolute atomic E-state index is 12.9. The van der Waals surface area contributed by atoms with E-state index in [0.29, 0.717) is 12.1 Å². The number of carbonyl (C=O) groups is 1. The minimum Gasteiger partial charge on any atom is -0.294 e. The van der Waals surface area contributed by atoms with Crippen molar-refractivity contribution in [1.29, 1.82) is 0 Å². The summed E-state index contributed by atoms with van der Waals surface area (Å²) in [5.41, 5.74) is -0.301. The molecule has 1 aromatic carbocycles. The van der Waals surface area contributed by atoms with Crippen LogP contribution in [0.1, 0.15) is 30.1 Å². The van der Waals surface area contributed by atoms with Crippen LogP contribution in [0.3, 0.4) is 0 Å². The van der Waals surface area contributed by atoms with Gasteiger partial charge < -0.3 is 0 Å². The van der Waals surface area contributed by atoms with E-state index >= 15 is 0 Å². The van der Waals surface area contributed by atoms with Crippen molar-refractivity contribution in [3.05, 3.63) is 35.1 Å². The molecule has 0 N–H and O–H groups in total. The van der Waals surface area contributed by atoms with Gasteiger partial charge in [0.25, 0.3) is 0 Å². The first-order valence-electron chi connectivity index (χ1n) is 5.65. The minimum atomic E-state index is -3.18. The predicted octanol–water partition coefficient (Wildman–Crippen LogP) is 2.50. The number of halogens is 3. The fourth-order valence-corrected chi connectivity index (χ4v) is 2.33. The summed E-state index contributed by atoms with van der Waals surface area (Å²) < 4.78 is 60.9. The highest BCUT2D eigenvalue weighted by molar-refractivity contribution is 7.91. The number of carbonyl (C=O) groups excluding carboxylic acids is 1. The Hall–Kier alpha value is -1.37. The first kappa shape index (κ1) is 15.7. The van der Waals surface area contributed by atoms with Crippen LogP contribution in [0.2, 0.25) is 0 Å². The lowest BCUT2D eigenvalue weighted by Gasteiger charge is -2.03. The first-order chi connectivity index (χ1) is 8.76. The maximum Gasteiger partial charge on any atom is 0.194 e. The normalized spacial score (nSPS) is 11.6. The van der Waals surface area contributed by atoms with E-state index < -0.39 is 33.1 Å². The zero-order chi connectivity index (χ0) is 14.6. The van der Waals surface area contributed by atoms with E-state index in [0.717, 1.165) is 0 Å². The van der Waals surface area contributed by atoms with Crippen LogP contribution in [-0.2, 0) is 9.84 Å². The second kappa shape index (κ2) is 6.18. The molecule has 0 unspecified atom stereocenters. The van der Waals surface area contributed by atoms with Crippen molar-refractivity contribution in [2.24, 2.45) is 0 Å². The Morgan fingerprint density at radius 3 is 2.16 bits per heavy atom. The van der Waals surface area contributed by atoms with Gasteiger partial charge in [0, 0.05) is 17.7 Å². The van der Waals surface area contributed by atoms with Crippen LogP contribution in [0.15, 0.2) is 12.1 Å². The summed E-state index contributed by atoms with van der Waals surface area (Å²) in [4.78, 5) is 11.6. The Kier molecular flexibility index (Phi) is 5.11. The highest BCUT2D eigenvalue weighted by atomic mass is 32.2. The average molecular weight is 294 g/mol. The number of benzene rings is 1. The lowest BCUT2D eigenvalue weighted by molar-refractivity contribution is 0.0981. The van der Waals surface area contributed by atoms with Crippen molar-refractivity contribution in [3.63, 3.8) is 0 Å². The molecule has 19 heavy (non-hydrogen) atoms. The average Bonchev–Trinajstić information content (AvgIpc) is 2.35. The summed E-state index contributed by atoms with van der Waals surface area (Å²) in [5.74, 6) is -5.33. The van der Waals surface area contributed by atoms with Crippen LogP contribution in [0.25, 0.3) is 0 Å². The molecule has 0 aliphatic carbocycles. The van der Waals surface area contributed by atoms with Gasteiger partial charge in [0.2, 0.25) is 0 Å². The van der Waals surface area contributed by atoms with E-state index in [-0.39, 0.29) is 29.9 Å². The molecule has 1 rings (SSSR count). The monoisotopic (exact) mass is 294 g/mol. The predicted molar refractivity (Wildman–Crippen MR) is 64.2 cm³/mol. The van der Waals surface area contributed by atoms with Crippen molar-refractivity contribution < 1.29 is 26.4 Å². The second-order valence-corrected chi connectivity index (χ2v) is 6.49. The van der Waals surface area contributed by atoms with Crippen molar-refractivity contribution in [2.45, 2.75) is 19.8 Å². The van der Waals surface area contributed by atoms with E-state index in [1.54, 1.807) is 0 Å². The molecule has 0 bridgehead atoms. The lowest BCUT2D eigenvalue weighted by atomic mass is 10.1. The van der Waals surface area contributed by atoms with Crippen LogP contribution >= 0.6 is 0 Å². The van der Waals surface area contributed by atoms with Gasteiger partial charge in [0.15, 0.2) is 23.2 Å². The van der Waals surface area contributed by atoms with Gasteiger partial charge in [-0.25, -0.2) is 21.6 Å². The van der Waals surface area contributed by atoms with Gasteiger partial charge in [0.1, 0.15) is 9.84 Å². The number of ketones is 1. The third kappa shape index (κ3) is 4.34. The van der Waals surface area contributed by atoms with Gasteiger partial charge in [-0.05, 0) is 18.6 Å². The zero-order valence-electron chi connectivity index (χ0n) is 10.3. The fraction of sp³-hybridized carbons (Fsp3) is 0.417. The fourth-order valence-electron chi connectivity index (χ4n) is 1.46. The van der Waals surface area contributed by atoms with Crippen LogP contribution in [0.4, 0.5) is 13.2 Å². The van der Waals surface area contributed by atoms with E-state index in [2.05, 4.69) is 0 Å². The van der Waals surface area contributed by atoms with Gasteiger partial charge in [-0.3, -0.25) is 4.79 Å². The van der Waals surface area contributed by atoms with Crippen molar-refractivity contribution in [2.75, 3.05) is 11.5 Å². The summed E-state index contributed by atoms with van der Waals surface area (Å²) in [7, 11) is -3.18. The lowest BCUT2D eigenvalue weighted by Crippen LogP contribution is -2.11. The van der Waals surface area contributed by atoms with Crippen molar-refractivity contribution in [1.82, 2.24) is 0 Å². The van der Waals surface area contributed by atoms with Gasteiger partial charge in [-0.15, -0.1) is 0 Å². The van der Waals surface area contributed by atoms with Crippen LogP contribution in [-0.4, -0.2) is 25.7 Å². The molecule has 1 aromatic rings. The summed E-state index contributed by atoms with van der Waals surface area (Å²) in [5, 5.41) is 0. The maximum atomic E-state index is 12.9. The molecule has 3 nitrogen and oxygen atoms in total. The molecule has 0 radical (unpaired) electrons. The molecular weight excluding hydrogens is 281 g/mol. The minimum absolute atomic E-state index is 0.0268. The van der Waals surface area contributed by atoms with E-state index in [9.17, 15) is 26.4 Å². The number of Topliss-reactive ketones (excluding diaryl/α,β-unsaturated/α-hetero) is 1. The molecule has 0 spiro atoms. The number of hydrogen-bond donors (Lipinski definition) is 0. The summed E-state index contributed by atoms with van der Waals surface area (Å²) in [6.07, 6.45) is -0.0979. The van der Waals surface area contributed by atoms with Crippen molar-refractivity contribution >= 4 is 15.6 Å². The molecule has 0 fully saturated rings. The number of sulfone groups is 1. The summed E-state index contributed by atoms with van der Waals surface area (Å²) >= 11 is 0. The molecule has 0 aliphatic heterocycles. The third-order valence-corrected chi connectivity index (χ3v) is 4.40. The molecule has 0 aromatic heterocycles. The van der Waals surface area contributed by atoms with E-state index in [4.69, 9.17) is 0 Å². The molecular formula is C12H13F3O3S. The Balaban J connectivity index is 2.70. The summed E-state index contributed by atoms with van der Waals surface area (Å²) in [6, 6.07) is 1.21. The van der Waals surface area contributed by atoms with Crippen LogP contribution in [0.5, 0.6) is 0 Å². The molecule has 106 valence electrons. The van der Waals surface area contributed by atoms with Gasteiger partial charge in [-0.2, -0.15) is 0 Å². The molecule has 0 saturated heterocycles.